The van der Waals surface area contributed by atoms with E-state index in [2.05, 4.69) is 0 Å². The van der Waals surface area contributed by atoms with Gasteiger partial charge in [-0.15, -0.1) is 0 Å². The molecule has 18 heavy (non-hydrogen) atoms. The van der Waals surface area contributed by atoms with Crippen molar-refractivity contribution in [3.8, 4) is 0 Å². The third kappa shape index (κ3) is 9.06. The Labute approximate surface area is 106 Å². The molecule has 0 fully saturated rings. The van der Waals surface area contributed by atoms with E-state index in [0.29, 0.717) is 6.42 Å². The number of carboxylic acid groups (broad SMARTS) is 1. The van der Waals surface area contributed by atoms with Gasteiger partial charge in [-0.3, -0.25) is 4.79 Å². The number of aldehydes is 1. The van der Waals surface area contributed by atoms with Crippen LogP contribution in [0.25, 0.3) is 0 Å². The van der Waals surface area contributed by atoms with Crippen LogP contribution >= 0.6 is 0 Å². The van der Waals surface area contributed by atoms with Crippen molar-refractivity contribution in [3.63, 3.8) is 0 Å². The molecular weight excluding hydrogens is 244 g/mol. The van der Waals surface area contributed by atoms with Gasteiger partial charge in [0.25, 0.3) is 0 Å². The molecule has 0 bridgehead atoms. The highest BCUT2D eigenvalue weighted by atomic mass is 16.4. The van der Waals surface area contributed by atoms with Gasteiger partial charge in [-0.25, -0.2) is 0 Å². The lowest BCUT2D eigenvalue weighted by atomic mass is 9.97. The minimum atomic E-state index is -2.01. The van der Waals surface area contributed by atoms with Crippen LogP contribution in [0, 0.1) is 0 Å². The molecule has 0 aromatic rings. The van der Waals surface area contributed by atoms with Gasteiger partial charge < -0.3 is 30.3 Å². The Kier molecular flexibility index (Phi) is 10.7. The lowest BCUT2D eigenvalue weighted by Crippen LogP contribution is -2.49. The van der Waals surface area contributed by atoms with E-state index in [9.17, 15) is 9.59 Å². The number of hydrogen-bond acceptors (Lipinski definition) is 6. The Hall–Kier alpha value is -1.02. The fraction of sp³-hybridized carbons (Fsp3) is 0.818. The van der Waals surface area contributed by atoms with Crippen LogP contribution in [-0.4, -0.2) is 62.2 Å². The van der Waals surface area contributed by atoms with Crippen molar-refractivity contribution >= 4 is 12.3 Å². The first-order valence-electron chi connectivity index (χ1n) is 5.60. The average Bonchev–Trinajstić information content (AvgIpc) is 2.34. The molecule has 0 amide bonds. The van der Waals surface area contributed by atoms with Gasteiger partial charge >= 0.3 is 5.97 Å². The highest BCUT2D eigenvalue weighted by Gasteiger charge is 2.34. The summed E-state index contributed by atoms with van der Waals surface area (Å²) in [5, 5.41) is 43.1. The van der Waals surface area contributed by atoms with E-state index in [1.54, 1.807) is 0 Å². The molecule has 0 aromatic heterocycles. The third-order valence-corrected chi connectivity index (χ3v) is 2.13. The fourth-order valence-electron chi connectivity index (χ4n) is 0.887. The van der Waals surface area contributed by atoms with Gasteiger partial charge in [0.2, 0.25) is 0 Å². The molecule has 7 heteroatoms. The van der Waals surface area contributed by atoms with Crippen molar-refractivity contribution in [1.29, 1.82) is 0 Å². The summed E-state index contributed by atoms with van der Waals surface area (Å²) in [6.45, 7) is 2.32. The monoisotopic (exact) mass is 266 g/mol. The maximum Gasteiger partial charge on any atom is 0.303 e. The Bertz CT molecular complexity index is 240. The summed E-state index contributed by atoms with van der Waals surface area (Å²) in [5.41, 5.74) is -2.01. The first-order valence-corrected chi connectivity index (χ1v) is 5.60. The van der Waals surface area contributed by atoms with Crippen LogP contribution in [0.5, 0.6) is 0 Å². The predicted molar refractivity (Wildman–Crippen MR) is 62.9 cm³/mol. The van der Waals surface area contributed by atoms with Gasteiger partial charge in [0.05, 0.1) is 6.61 Å². The van der Waals surface area contributed by atoms with Crippen LogP contribution in [0.15, 0.2) is 0 Å². The summed E-state index contributed by atoms with van der Waals surface area (Å²) >= 11 is 0. The van der Waals surface area contributed by atoms with E-state index < -0.39 is 30.4 Å². The number of carboxylic acids is 1. The Balaban J connectivity index is 0. The molecule has 0 spiro atoms. The molecule has 0 heterocycles. The zero-order chi connectivity index (χ0) is 14.8. The zero-order valence-electron chi connectivity index (χ0n) is 10.6. The topological polar surface area (TPSA) is 135 Å². The van der Waals surface area contributed by atoms with E-state index in [1.807, 2.05) is 6.92 Å². The van der Waals surface area contributed by atoms with Gasteiger partial charge in [-0.05, 0) is 13.3 Å². The molecule has 0 aliphatic heterocycles. The van der Waals surface area contributed by atoms with E-state index in [0.717, 1.165) is 19.8 Å². The highest BCUT2D eigenvalue weighted by molar-refractivity contribution is 5.66. The molecule has 3 unspecified atom stereocenters. The molecule has 0 saturated carbocycles. The molecular formula is C11H22O7. The van der Waals surface area contributed by atoms with Crippen LogP contribution in [0.1, 0.15) is 33.1 Å². The molecule has 0 aliphatic rings. The van der Waals surface area contributed by atoms with Crippen molar-refractivity contribution < 1.29 is 35.1 Å². The molecule has 0 aromatic carbocycles. The lowest BCUT2D eigenvalue weighted by molar-refractivity contribution is -0.148. The number of aliphatic hydroxyl groups excluding tert-OH is 3. The maximum absolute atomic E-state index is 10.1. The second kappa shape index (κ2) is 9.95. The fourth-order valence-corrected chi connectivity index (χ4v) is 0.887. The van der Waals surface area contributed by atoms with E-state index >= 15 is 0 Å². The summed E-state index contributed by atoms with van der Waals surface area (Å²) in [4.78, 5) is 19.8. The van der Waals surface area contributed by atoms with Crippen LogP contribution in [0.2, 0.25) is 0 Å². The number of carbonyl (C=O) groups excluding carboxylic acids is 1. The van der Waals surface area contributed by atoms with Crippen molar-refractivity contribution in [2.75, 3.05) is 6.61 Å². The lowest BCUT2D eigenvalue weighted by Gasteiger charge is -2.25. The minimum Gasteiger partial charge on any atom is -0.481 e. The second-order valence-corrected chi connectivity index (χ2v) is 4.04. The number of aliphatic hydroxyl groups is 4. The normalized spacial score (nSPS) is 16.8. The van der Waals surface area contributed by atoms with Crippen molar-refractivity contribution in [3.05, 3.63) is 0 Å². The van der Waals surface area contributed by atoms with Crippen molar-refractivity contribution in [2.45, 2.75) is 50.9 Å². The van der Waals surface area contributed by atoms with Crippen molar-refractivity contribution in [1.82, 2.24) is 0 Å². The average molecular weight is 266 g/mol. The Morgan fingerprint density at radius 2 is 1.89 bits per heavy atom. The van der Waals surface area contributed by atoms with E-state index in [-0.39, 0.29) is 6.29 Å². The molecule has 0 radical (unpaired) electrons. The molecule has 0 saturated heterocycles. The molecule has 7 nitrogen and oxygen atoms in total. The number of aliphatic carboxylic acids is 1. The quantitative estimate of drug-likeness (QED) is 0.369. The molecule has 5 N–H and O–H groups in total. The summed E-state index contributed by atoms with van der Waals surface area (Å²) in [6.07, 6.45) is -0.977. The van der Waals surface area contributed by atoms with Gasteiger partial charge in [-0.1, -0.05) is 13.3 Å². The van der Waals surface area contributed by atoms with Crippen LogP contribution in [0.4, 0.5) is 0 Å². The van der Waals surface area contributed by atoms with Gasteiger partial charge in [0.15, 0.2) is 6.29 Å². The number of unbranched alkanes of at least 4 members (excludes halogenated alkanes) is 1. The standard InChI is InChI=1S/C6H12O5.C5H10O2/c1-6(11,3-8)5(10)4(9)2-7;1-2-3-4-5(6)7/h3-5,7,9-11H,2H2,1H3;2-4H2,1H3,(H,6,7). The molecule has 0 rings (SSSR count). The Morgan fingerprint density at radius 3 is 2.11 bits per heavy atom. The third-order valence-electron chi connectivity index (χ3n) is 2.13. The summed E-state index contributed by atoms with van der Waals surface area (Å²) < 4.78 is 0. The smallest absolute Gasteiger partial charge is 0.303 e. The highest BCUT2D eigenvalue weighted by Crippen LogP contribution is 2.09. The predicted octanol–water partition coefficient (Wildman–Crippen LogP) is -1.09. The van der Waals surface area contributed by atoms with Crippen LogP contribution in [0.3, 0.4) is 0 Å². The van der Waals surface area contributed by atoms with Gasteiger partial charge in [0.1, 0.15) is 17.8 Å². The van der Waals surface area contributed by atoms with Crippen molar-refractivity contribution in [2.24, 2.45) is 0 Å². The SMILES string of the molecule is CC(O)(C=O)C(O)C(O)CO.CCCCC(=O)O. The second-order valence-electron chi connectivity index (χ2n) is 4.04. The maximum atomic E-state index is 10.1. The number of carbonyl (C=O) groups is 2. The molecule has 108 valence electrons. The summed E-state index contributed by atoms with van der Waals surface area (Å²) in [5.74, 6) is -0.693. The Morgan fingerprint density at radius 1 is 1.39 bits per heavy atom. The summed E-state index contributed by atoms with van der Waals surface area (Å²) in [7, 11) is 0. The number of rotatable bonds is 7. The largest absolute Gasteiger partial charge is 0.481 e. The van der Waals surface area contributed by atoms with Gasteiger partial charge in [-0.2, -0.15) is 0 Å². The first kappa shape index (κ1) is 19.3. The first-order chi connectivity index (χ1) is 8.22. The molecule has 0 aliphatic carbocycles. The van der Waals surface area contributed by atoms with E-state index in [1.165, 1.54) is 0 Å². The minimum absolute atomic E-state index is 0.108. The van der Waals surface area contributed by atoms with Crippen LogP contribution < -0.4 is 0 Å². The van der Waals surface area contributed by atoms with E-state index in [4.69, 9.17) is 25.5 Å². The zero-order valence-corrected chi connectivity index (χ0v) is 10.6. The molecule has 3 atom stereocenters. The summed E-state index contributed by atoms with van der Waals surface area (Å²) in [6, 6.07) is 0. The van der Waals surface area contributed by atoms with Crippen LogP contribution in [-0.2, 0) is 9.59 Å². The number of hydrogen-bond donors (Lipinski definition) is 5. The van der Waals surface area contributed by atoms with Gasteiger partial charge in [0, 0.05) is 6.42 Å².